The predicted octanol–water partition coefficient (Wildman–Crippen LogP) is 1.52. The highest BCUT2D eigenvalue weighted by molar-refractivity contribution is 6.29. The monoisotopic (exact) mass is 243 g/mol. The normalized spacial score (nSPS) is 9.94. The van der Waals surface area contributed by atoms with E-state index < -0.39 is 0 Å². The zero-order valence-corrected chi connectivity index (χ0v) is 10.1. The fourth-order valence-corrected chi connectivity index (χ4v) is 1.34. The molecule has 0 saturated carbocycles. The zero-order chi connectivity index (χ0) is 12.0. The molecule has 0 aliphatic heterocycles. The molecule has 1 rings (SSSR count). The Kier molecular flexibility index (Phi) is 4.98. The molecule has 88 valence electrons. The van der Waals surface area contributed by atoms with E-state index in [0.29, 0.717) is 17.5 Å². The van der Waals surface area contributed by atoms with Crippen molar-refractivity contribution in [1.82, 2.24) is 10.2 Å². The van der Waals surface area contributed by atoms with Crippen LogP contribution in [-0.4, -0.2) is 36.4 Å². The Morgan fingerprint density at radius 2 is 2.25 bits per heavy atom. The van der Waals surface area contributed by atoms with E-state index in [1.165, 1.54) is 7.11 Å². The van der Waals surface area contributed by atoms with E-state index in [1.807, 2.05) is 6.92 Å². The quantitative estimate of drug-likeness (QED) is 0.734. The molecule has 16 heavy (non-hydrogen) atoms. The summed E-state index contributed by atoms with van der Waals surface area (Å²) in [7, 11) is 1.36. The fraction of sp³-hybridized carbons (Fsp3) is 0.500. The Balaban J connectivity index is 2.76. The largest absolute Gasteiger partial charge is 0.468 e. The van der Waals surface area contributed by atoms with Gasteiger partial charge in [0.2, 0.25) is 0 Å². The Labute approximate surface area is 99.4 Å². The summed E-state index contributed by atoms with van der Waals surface area (Å²) in [6.45, 7) is 2.90. The van der Waals surface area contributed by atoms with Crippen molar-refractivity contribution in [2.45, 2.75) is 13.3 Å². The summed E-state index contributed by atoms with van der Waals surface area (Å²) in [6.07, 6.45) is 0.904. The van der Waals surface area contributed by atoms with Crippen LogP contribution < -0.4 is 4.90 Å². The third-order valence-corrected chi connectivity index (χ3v) is 2.18. The number of anilines is 1. The molecule has 0 fully saturated rings. The molecule has 0 unspecified atom stereocenters. The first-order valence-electron chi connectivity index (χ1n) is 4.98. The first-order chi connectivity index (χ1) is 7.67. The van der Waals surface area contributed by atoms with Crippen molar-refractivity contribution in [3.05, 3.63) is 17.3 Å². The minimum absolute atomic E-state index is 0.167. The number of ether oxygens (including phenoxy) is 1. The average Bonchev–Trinajstić information content (AvgIpc) is 2.29. The van der Waals surface area contributed by atoms with Crippen molar-refractivity contribution in [2.24, 2.45) is 0 Å². The van der Waals surface area contributed by atoms with Gasteiger partial charge in [-0.15, -0.1) is 10.2 Å². The average molecular weight is 244 g/mol. The number of hydrogen-bond donors (Lipinski definition) is 0. The number of hydrogen-bond acceptors (Lipinski definition) is 5. The van der Waals surface area contributed by atoms with Crippen molar-refractivity contribution in [2.75, 3.05) is 25.1 Å². The van der Waals surface area contributed by atoms with Gasteiger partial charge in [-0.1, -0.05) is 18.5 Å². The highest BCUT2D eigenvalue weighted by Crippen LogP contribution is 2.12. The SMILES string of the molecule is CCCN(CC(=O)OC)c1ccc(Cl)nn1. The maximum atomic E-state index is 11.2. The first kappa shape index (κ1) is 12.7. The van der Waals surface area contributed by atoms with Crippen LogP contribution in [0.5, 0.6) is 0 Å². The molecule has 0 aliphatic rings. The maximum absolute atomic E-state index is 11.2. The summed E-state index contributed by atoms with van der Waals surface area (Å²) in [6, 6.07) is 3.37. The standard InChI is InChI=1S/C10H14ClN3O2/c1-3-6-14(7-10(15)16-2)9-5-4-8(11)12-13-9/h4-5H,3,6-7H2,1-2H3. The van der Waals surface area contributed by atoms with E-state index in [4.69, 9.17) is 11.6 Å². The second-order valence-electron chi connectivity index (χ2n) is 3.21. The van der Waals surface area contributed by atoms with E-state index in [-0.39, 0.29) is 12.5 Å². The van der Waals surface area contributed by atoms with Crippen LogP contribution in [0, 0.1) is 0 Å². The van der Waals surface area contributed by atoms with Crippen molar-refractivity contribution in [3.63, 3.8) is 0 Å². The third kappa shape index (κ3) is 3.66. The van der Waals surface area contributed by atoms with Gasteiger partial charge in [-0.25, -0.2) is 0 Å². The fourth-order valence-electron chi connectivity index (χ4n) is 1.24. The van der Waals surface area contributed by atoms with E-state index in [0.717, 1.165) is 6.42 Å². The number of carbonyl (C=O) groups excluding carboxylic acids is 1. The van der Waals surface area contributed by atoms with E-state index in [2.05, 4.69) is 14.9 Å². The molecule has 5 nitrogen and oxygen atoms in total. The van der Waals surface area contributed by atoms with Gasteiger partial charge in [0, 0.05) is 6.54 Å². The number of rotatable bonds is 5. The maximum Gasteiger partial charge on any atom is 0.325 e. The molecule has 0 saturated heterocycles. The van der Waals surface area contributed by atoms with Crippen LogP contribution in [0.2, 0.25) is 5.15 Å². The Hall–Kier alpha value is -1.36. The number of aromatic nitrogens is 2. The molecule has 6 heteroatoms. The lowest BCUT2D eigenvalue weighted by Crippen LogP contribution is -2.32. The molecule has 0 radical (unpaired) electrons. The smallest absolute Gasteiger partial charge is 0.325 e. The van der Waals surface area contributed by atoms with Gasteiger partial charge in [0.1, 0.15) is 6.54 Å². The molecule has 0 aromatic carbocycles. The number of methoxy groups -OCH3 is 1. The summed E-state index contributed by atoms with van der Waals surface area (Å²) in [4.78, 5) is 13.0. The highest BCUT2D eigenvalue weighted by Gasteiger charge is 2.12. The molecular formula is C10H14ClN3O2. The van der Waals surface area contributed by atoms with Crippen molar-refractivity contribution in [1.29, 1.82) is 0 Å². The van der Waals surface area contributed by atoms with Crippen LogP contribution in [0.15, 0.2) is 12.1 Å². The number of halogens is 1. The van der Waals surface area contributed by atoms with Gasteiger partial charge in [-0.05, 0) is 18.6 Å². The van der Waals surface area contributed by atoms with E-state index >= 15 is 0 Å². The molecule has 0 spiro atoms. The second kappa shape index (κ2) is 6.27. The summed E-state index contributed by atoms with van der Waals surface area (Å²) in [5, 5.41) is 7.99. The molecule has 0 bridgehead atoms. The van der Waals surface area contributed by atoms with Gasteiger partial charge in [0.15, 0.2) is 11.0 Å². The van der Waals surface area contributed by atoms with Crippen LogP contribution in [0.4, 0.5) is 5.82 Å². The summed E-state index contributed by atoms with van der Waals surface area (Å²) in [5.41, 5.74) is 0. The van der Waals surface area contributed by atoms with Crippen LogP contribution in [0.3, 0.4) is 0 Å². The van der Waals surface area contributed by atoms with Gasteiger partial charge < -0.3 is 9.64 Å². The molecule has 0 N–H and O–H groups in total. The lowest BCUT2D eigenvalue weighted by Gasteiger charge is -2.20. The number of esters is 1. The number of nitrogens with zero attached hydrogens (tertiary/aromatic N) is 3. The van der Waals surface area contributed by atoms with Gasteiger partial charge in [-0.2, -0.15) is 0 Å². The number of carbonyl (C=O) groups is 1. The van der Waals surface area contributed by atoms with Crippen molar-refractivity contribution in [3.8, 4) is 0 Å². The lowest BCUT2D eigenvalue weighted by atomic mass is 10.4. The van der Waals surface area contributed by atoms with Gasteiger partial charge in [0.25, 0.3) is 0 Å². The second-order valence-corrected chi connectivity index (χ2v) is 3.60. The Bertz CT molecular complexity index is 342. The van der Waals surface area contributed by atoms with Gasteiger partial charge in [-0.3, -0.25) is 4.79 Å². The van der Waals surface area contributed by atoms with Gasteiger partial charge >= 0.3 is 5.97 Å². The minimum atomic E-state index is -0.301. The van der Waals surface area contributed by atoms with Crippen LogP contribution in [0.25, 0.3) is 0 Å². The summed E-state index contributed by atoms with van der Waals surface area (Å²) < 4.78 is 4.62. The van der Waals surface area contributed by atoms with Crippen molar-refractivity contribution < 1.29 is 9.53 Å². The highest BCUT2D eigenvalue weighted by atomic mass is 35.5. The zero-order valence-electron chi connectivity index (χ0n) is 9.31. The third-order valence-electron chi connectivity index (χ3n) is 1.98. The molecule has 1 aromatic rings. The van der Waals surface area contributed by atoms with Crippen LogP contribution >= 0.6 is 11.6 Å². The molecule has 1 heterocycles. The molecule has 0 amide bonds. The van der Waals surface area contributed by atoms with E-state index in [9.17, 15) is 4.79 Å². The predicted molar refractivity (Wildman–Crippen MR) is 61.6 cm³/mol. The Morgan fingerprint density at radius 3 is 2.75 bits per heavy atom. The van der Waals surface area contributed by atoms with E-state index in [1.54, 1.807) is 17.0 Å². The Morgan fingerprint density at radius 1 is 1.50 bits per heavy atom. The minimum Gasteiger partial charge on any atom is -0.468 e. The first-order valence-corrected chi connectivity index (χ1v) is 5.36. The van der Waals surface area contributed by atoms with Gasteiger partial charge in [0.05, 0.1) is 7.11 Å². The van der Waals surface area contributed by atoms with Crippen LogP contribution in [-0.2, 0) is 9.53 Å². The molecule has 1 aromatic heterocycles. The molecule has 0 aliphatic carbocycles. The van der Waals surface area contributed by atoms with Crippen molar-refractivity contribution >= 4 is 23.4 Å². The lowest BCUT2D eigenvalue weighted by molar-refractivity contribution is -0.138. The summed E-state index contributed by atoms with van der Waals surface area (Å²) >= 11 is 5.64. The molecule has 0 atom stereocenters. The summed E-state index contributed by atoms with van der Waals surface area (Å²) in [5.74, 6) is 0.321. The van der Waals surface area contributed by atoms with Crippen LogP contribution in [0.1, 0.15) is 13.3 Å². The topological polar surface area (TPSA) is 55.3 Å². The molecular weight excluding hydrogens is 230 g/mol.